The van der Waals surface area contributed by atoms with E-state index in [4.69, 9.17) is 16.3 Å². The molecule has 2 atom stereocenters. The number of alkyl halides is 1. The molecule has 0 radical (unpaired) electrons. The summed E-state index contributed by atoms with van der Waals surface area (Å²) in [5, 5.41) is 15.0. The molecule has 1 aromatic carbocycles. The second-order valence-electron chi connectivity index (χ2n) is 5.40. The zero-order chi connectivity index (χ0) is 15.5. The number of ether oxygens (including phenoxy) is 1. The van der Waals surface area contributed by atoms with Gasteiger partial charge in [-0.25, -0.2) is 9.67 Å². The molecule has 1 heterocycles. The van der Waals surface area contributed by atoms with Crippen LogP contribution in [-0.4, -0.2) is 32.6 Å². The number of halogens is 2. The number of aromatic nitrogens is 3. The maximum Gasteiger partial charge on any atom is 0.219 e. The number of aliphatic hydroxyl groups is 1. The molecule has 5 nitrogen and oxygen atoms in total. The van der Waals surface area contributed by atoms with Crippen LogP contribution in [0, 0.1) is 5.41 Å². The lowest BCUT2D eigenvalue weighted by Gasteiger charge is -2.33. The normalized spacial score (nSPS) is 14.7. The summed E-state index contributed by atoms with van der Waals surface area (Å²) in [5.74, 6) is 0.494. The van der Waals surface area contributed by atoms with E-state index in [1.54, 1.807) is 38.1 Å². The number of nitrogens with zero attached hydrogens (tertiary/aromatic N) is 3. The standard InChI is InChI=1S/C14H17ClFN3O2/c1-14(2,7-16)12(20)13(19-9-17-8-18-19)21-11-5-3-10(15)4-6-11/h3-6,8-9,12-13,20H,7H2,1-2H3. The lowest BCUT2D eigenvalue weighted by atomic mass is 9.87. The fourth-order valence-corrected chi connectivity index (χ4v) is 1.86. The largest absolute Gasteiger partial charge is 0.466 e. The van der Waals surface area contributed by atoms with Gasteiger partial charge in [0.25, 0.3) is 0 Å². The van der Waals surface area contributed by atoms with Gasteiger partial charge in [-0.15, -0.1) is 0 Å². The molecular weight excluding hydrogens is 297 g/mol. The Labute approximate surface area is 127 Å². The molecule has 0 aliphatic carbocycles. The molecule has 0 saturated heterocycles. The zero-order valence-electron chi connectivity index (χ0n) is 11.8. The first kappa shape index (κ1) is 15.7. The fraction of sp³-hybridized carbons (Fsp3) is 0.429. The van der Waals surface area contributed by atoms with Gasteiger partial charge < -0.3 is 9.84 Å². The first-order chi connectivity index (χ1) is 9.94. The van der Waals surface area contributed by atoms with Crippen LogP contribution >= 0.6 is 11.6 Å². The first-order valence-electron chi connectivity index (χ1n) is 6.44. The van der Waals surface area contributed by atoms with E-state index in [1.165, 1.54) is 17.3 Å². The molecule has 1 aromatic heterocycles. The minimum Gasteiger partial charge on any atom is -0.466 e. The van der Waals surface area contributed by atoms with Crippen molar-refractivity contribution in [1.29, 1.82) is 0 Å². The third-order valence-electron chi connectivity index (χ3n) is 3.18. The topological polar surface area (TPSA) is 60.2 Å². The summed E-state index contributed by atoms with van der Waals surface area (Å²) in [6.07, 6.45) is 0.741. The number of hydrogen-bond acceptors (Lipinski definition) is 4. The lowest BCUT2D eigenvalue weighted by Crippen LogP contribution is -2.41. The Bertz CT molecular complexity index is 560. The van der Waals surface area contributed by atoms with Gasteiger partial charge in [0.2, 0.25) is 6.23 Å². The monoisotopic (exact) mass is 313 g/mol. The minimum atomic E-state index is -1.11. The zero-order valence-corrected chi connectivity index (χ0v) is 12.5. The van der Waals surface area contributed by atoms with Crippen molar-refractivity contribution in [1.82, 2.24) is 14.8 Å². The second kappa shape index (κ2) is 6.41. The van der Waals surface area contributed by atoms with E-state index < -0.39 is 24.4 Å². The molecule has 0 bridgehead atoms. The van der Waals surface area contributed by atoms with Crippen molar-refractivity contribution >= 4 is 11.6 Å². The Hall–Kier alpha value is -1.66. The van der Waals surface area contributed by atoms with Crippen LogP contribution in [0.15, 0.2) is 36.9 Å². The number of aliphatic hydroxyl groups excluding tert-OH is 1. The summed E-state index contributed by atoms with van der Waals surface area (Å²) in [5.41, 5.74) is -0.983. The third-order valence-corrected chi connectivity index (χ3v) is 3.43. The molecule has 0 fully saturated rings. The highest BCUT2D eigenvalue weighted by Gasteiger charge is 2.37. The van der Waals surface area contributed by atoms with Crippen LogP contribution in [0.1, 0.15) is 20.1 Å². The molecule has 0 spiro atoms. The molecule has 2 rings (SSSR count). The summed E-state index contributed by atoms with van der Waals surface area (Å²) in [6.45, 7) is 2.54. The van der Waals surface area contributed by atoms with Crippen molar-refractivity contribution in [2.45, 2.75) is 26.2 Å². The summed E-state index contributed by atoms with van der Waals surface area (Å²) in [4.78, 5) is 3.83. The van der Waals surface area contributed by atoms with Crippen LogP contribution in [0.4, 0.5) is 4.39 Å². The maximum absolute atomic E-state index is 13.1. The predicted octanol–water partition coefficient (Wildman–Crippen LogP) is 2.87. The highest BCUT2D eigenvalue weighted by Crippen LogP contribution is 2.31. The van der Waals surface area contributed by atoms with Gasteiger partial charge in [0.1, 0.15) is 24.5 Å². The van der Waals surface area contributed by atoms with Gasteiger partial charge >= 0.3 is 0 Å². The maximum atomic E-state index is 13.1. The highest BCUT2D eigenvalue weighted by molar-refractivity contribution is 6.30. The molecule has 0 saturated carbocycles. The van der Waals surface area contributed by atoms with Crippen molar-refractivity contribution < 1.29 is 14.2 Å². The van der Waals surface area contributed by atoms with Gasteiger partial charge in [-0.2, -0.15) is 5.10 Å². The average molecular weight is 314 g/mol. The SMILES string of the molecule is CC(C)(CF)C(O)C(Oc1ccc(Cl)cc1)n1cncn1. The molecule has 2 unspecified atom stereocenters. The van der Waals surface area contributed by atoms with E-state index in [2.05, 4.69) is 10.1 Å². The van der Waals surface area contributed by atoms with Crippen molar-refractivity contribution in [2.75, 3.05) is 6.67 Å². The Morgan fingerprint density at radius 1 is 1.38 bits per heavy atom. The molecule has 21 heavy (non-hydrogen) atoms. The van der Waals surface area contributed by atoms with E-state index in [1.807, 2.05) is 0 Å². The van der Waals surface area contributed by atoms with Gasteiger partial charge in [0.05, 0.1) is 6.67 Å². The van der Waals surface area contributed by atoms with Gasteiger partial charge in [-0.1, -0.05) is 25.4 Å². The lowest BCUT2D eigenvalue weighted by molar-refractivity contribution is -0.0858. The van der Waals surface area contributed by atoms with Gasteiger partial charge in [-0.3, -0.25) is 4.39 Å². The summed E-state index contributed by atoms with van der Waals surface area (Å²) >= 11 is 5.82. The molecule has 7 heteroatoms. The number of benzene rings is 1. The molecular formula is C14H17ClFN3O2. The van der Waals surface area contributed by atoms with Crippen molar-refractivity contribution in [2.24, 2.45) is 5.41 Å². The molecule has 0 amide bonds. The number of rotatable bonds is 6. The van der Waals surface area contributed by atoms with Gasteiger partial charge in [-0.05, 0) is 24.3 Å². The van der Waals surface area contributed by atoms with E-state index in [0.717, 1.165) is 0 Å². The van der Waals surface area contributed by atoms with Crippen molar-refractivity contribution in [3.8, 4) is 5.75 Å². The average Bonchev–Trinajstić information content (AvgIpc) is 3.00. The van der Waals surface area contributed by atoms with Crippen LogP contribution < -0.4 is 4.74 Å². The Morgan fingerprint density at radius 2 is 2.05 bits per heavy atom. The van der Waals surface area contributed by atoms with Crippen LogP contribution in [0.5, 0.6) is 5.75 Å². The van der Waals surface area contributed by atoms with Crippen LogP contribution in [0.3, 0.4) is 0 Å². The predicted molar refractivity (Wildman–Crippen MR) is 76.9 cm³/mol. The summed E-state index contributed by atoms with van der Waals surface area (Å²) in [6, 6.07) is 6.67. The van der Waals surface area contributed by atoms with E-state index in [-0.39, 0.29) is 0 Å². The van der Waals surface area contributed by atoms with Gasteiger partial charge in [0.15, 0.2) is 0 Å². The van der Waals surface area contributed by atoms with Crippen LogP contribution in [0.2, 0.25) is 5.02 Å². The van der Waals surface area contributed by atoms with Crippen LogP contribution in [0.25, 0.3) is 0 Å². The molecule has 2 aromatic rings. The minimum absolute atomic E-state index is 0.494. The Kier molecular flexibility index (Phi) is 4.80. The van der Waals surface area contributed by atoms with E-state index in [9.17, 15) is 9.50 Å². The smallest absolute Gasteiger partial charge is 0.219 e. The van der Waals surface area contributed by atoms with Crippen LogP contribution in [-0.2, 0) is 0 Å². The quantitative estimate of drug-likeness (QED) is 0.891. The Balaban J connectivity index is 2.27. The number of hydrogen-bond donors (Lipinski definition) is 1. The highest BCUT2D eigenvalue weighted by atomic mass is 35.5. The van der Waals surface area contributed by atoms with E-state index in [0.29, 0.717) is 10.8 Å². The van der Waals surface area contributed by atoms with Crippen molar-refractivity contribution in [3.63, 3.8) is 0 Å². The third kappa shape index (κ3) is 3.71. The fourth-order valence-electron chi connectivity index (χ4n) is 1.73. The van der Waals surface area contributed by atoms with Gasteiger partial charge in [0, 0.05) is 10.4 Å². The first-order valence-corrected chi connectivity index (χ1v) is 6.82. The second-order valence-corrected chi connectivity index (χ2v) is 5.84. The molecule has 0 aliphatic rings. The Morgan fingerprint density at radius 3 is 2.57 bits per heavy atom. The molecule has 114 valence electrons. The molecule has 1 N–H and O–H groups in total. The summed E-state index contributed by atoms with van der Waals surface area (Å²) < 4.78 is 20.2. The van der Waals surface area contributed by atoms with E-state index >= 15 is 0 Å². The summed E-state index contributed by atoms with van der Waals surface area (Å²) in [7, 11) is 0. The molecule has 0 aliphatic heterocycles. The van der Waals surface area contributed by atoms with Crippen molar-refractivity contribution in [3.05, 3.63) is 41.9 Å².